The second-order valence-corrected chi connectivity index (χ2v) is 5.82. The summed E-state index contributed by atoms with van der Waals surface area (Å²) in [5.41, 5.74) is 3.15. The molecule has 1 atom stereocenters. The number of hydrogen-bond donors (Lipinski definition) is 1. The first-order valence-electron chi connectivity index (χ1n) is 7.82. The molecule has 1 N–H and O–H groups in total. The highest BCUT2D eigenvalue weighted by molar-refractivity contribution is 5.52. The van der Waals surface area contributed by atoms with Crippen molar-refractivity contribution in [3.8, 4) is 17.1 Å². The molecule has 1 unspecified atom stereocenters. The van der Waals surface area contributed by atoms with Crippen LogP contribution in [0.25, 0.3) is 11.4 Å². The van der Waals surface area contributed by atoms with Gasteiger partial charge in [-0.05, 0) is 42.3 Å². The predicted octanol–water partition coefficient (Wildman–Crippen LogP) is 2.40. The Kier molecular flexibility index (Phi) is 4.86. The molecule has 0 saturated carbocycles. The molecule has 24 heavy (non-hydrogen) atoms. The van der Waals surface area contributed by atoms with Crippen molar-refractivity contribution < 1.29 is 9.84 Å². The Balaban J connectivity index is 1.57. The fourth-order valence-electron chi connectivity index (χ4n) is 2.47. The van der Waals surface area contributed by atoms with Crippen molar-refractivity contribution in [2.24, 2.45) is 0 Å². The molecule has 0 bridgehead atoms. The average molecular weight is 324 g/mol. The maximum Gasteiger partial charge on any atom is 0.204 e. The molecular formula is C18H20N4O2. The van der Waals surface area contributed by atoms with Gasteiger partial charge >= 0.3 is 0 Å². The van der Waals surface area contributed by atoms with Crippen LogP contribution in [-0.2, 0) is 6.54 Å². The lowest BCUT2D eigenvalue weighted by molar-refractivity contribution is 0.0849. The summed E-state index contributed by atoms with van der Waals surface area (Å²) >= 11 is 0. The highest BCUT2D eigenvalue weighted by Gasteiger charge is 2.11. The van der Waals surface area contributed by atoms with Gasteiger partial charge in [-0.3, -0.25) is 0 Å². The number of nitrogens with zero attached hydrogens (tertiary/aromatic N) is 4. The van der Waals surface area contributed by atoms with E-state index < -0.39 is 6.10 Å². The third kappa shape index (κ3) is 4.17. The van der Waals surface area contributed by atoms with Crippen molar-refractivity contribution in [2.75, 3.05) is 6.61 Å². The first-order chi connectivity index (χ1) is 11.6. The van der Waals surface area contributed by atoms with Gasteiger partial charge in [0.05, 0.1) is 6.54 Å². The quantitative estimate of drug-likeness (QED) is 0.754. The van der Waals surface area contributed by atoms with E-state index in [0.717, 1.165) is 22.4 Å². The summed E-state index contributed by atoms with van der Waals surface area (Å²) < 4.78 is 5.65. The number of hydrogen-bond acceptors (Lipinski definition) is 5. The first-order valence-corrected chi connectivity index (χ1v) is 7.82. The van der Waals surface area contributed by atoms with Gasteiger partial charge in [0.1, 0.15) is 18.5 Å². The van der Waals surface area contributed by atoms with E-state index in [2.05, 4.69) is 21.5 Å². The van der Waals surface area contributed by atoms with Gasteiger partial charge in [0.2, 0.25) is 5.82 Å². The van der Waals surface area contributed by atoms with Gasteiger partial charge in [0.15, 0.2) is 0 Å². The Hall–Kier alpha value is -2.73. The van der Waals surface area contributed by atoms with Crippen LogP contribution in [0.3, 0.4) is 0 Å². The number of aliphatic hydroxyl groups excluding tert-OH is 1. The third-order valence-electron chi connectivity index (χ3n) is 3.50. The molecule has 0 aliphatic carbocycles. The van der Waals surface area contributed by atoms with E-state index in [-0.39, 0.29) is 13.2 Å². The number of ether oxygens (including phenoxy) is 1. The van der Waals surface area contributed by atoms with E-state index in [4.69, 9.17) is 4.74 Å². The van der Waals surface area contributed by atoms with Crippen molar-refractivity contribution in [2.45, 2.75) is 26.5 Å². The van der Waals surface area contributed by atoms with Gasteiger partial charge in [-0.25, -0.2) is 0 Å². The lowest BCUT2D eigenvalue weighted by atomic mass is 10.1. The van der Waals surface area contributed by atoms with Gasteiger partial charge in [0.25, 0.3) is 0 Å². The van der Waals surface area contributed by atoms with Gasteiger partial charge in [-0.15, -0.1) is 10.2 Å². The van der Waals surface area contributed by atoms with Crippen molar-refractivity contribution in [3.63, 3.8) is 0 Å². The van der Waals surface area contributed by atoms with Crippen molar-refractivity contribution in [1.82, 2.24) is 20.2 Å². The van der Waals surface area contributed by atoms with E-state index in [9.17, 15) is 5.11 Å². The Morgan fingerprint density at radius 3 is 2.50 bits per heavy atom. The van der Waals surface area contributed by atoms with Crippen molar-refractivity contribution >= 4 is 0 Å². The predicted molar refractivity (Wildman–Crippen MR) is 90.7 cm³/mol. The molecule has 1 aromatic heterocycles. The fourth-order valence-corrected chi connectivity index (χ4v) is 2.47. The van der Waals surface area contributed by atoms with E-state index in [1.54, 1.807) is 0 Å². The minimum Gasteiger partial charge on any atom is -0.491 e. The molecule has 1 heterocycles. The van der Waals surface area contributed by atoms with Crippen LogP contribution < -0.4 is 4.74 Å². The van der Waals surface area contributed by atoms with Crippen LogP contribution in [0.1, 0.15) is 11.1 Å². The SMILES string of the molecule is Cc1cc(C)cc(OCC(O)Cn2nnc(-c3ccccc3)n2)c1. The highest BCUT2D eigenvalue weighted by atomic mass is 16.5. The molecule has 0 aliphatic rings. The molecule has 0 fully saturated rings. The topological polar surface area (TPSA) is 73.1 Å². The largest absolute Gasteiger partial charge is 0.491 e. The van der Waals surface area contributed by atoms with Crippen LogP contribution in [0, 0.1) is 13.8 Å². The third-order valence-corrected chi connectivity index (χ3v) is 3.50. The molecule has 124 valence electrons. The monoisotopic (exact) mass is 324 g/mol. The Morgan fingerprint density at radius 1 is 1.08 bits per heavy atom. The number of benzene rings is 2. The van der Waals surface area contributed by atoms with Crippen molar-refractivity contribution in [3.05, 3.63) is 59.7 Å². The van der Waals surface area contributed by atoms with Crippen LogP contribution in [0.15, 0.2) is 48.5 Å². The number of aromatic nitrogens is 4. The molecular weight excluding hydrogens is 304 g/mol. The molecule has 0 spiro atoms. The van der Waals surface area contributed by atoms with Gasteiger partial charge in [0, 0.05) is 5.56 Å². The first kappa shape index (κ1) is 16.1. The molecule has 0 amide bonds. The number of aliphatic hydroxyl groups is 1. The number of aryl methyl sites for hydroxylation is 2. The zero-order valence-corrected chi connectivity index (χ0v) is 13.8. The molecule has 0 radical (unpaired) electrons. The summed E-state index contributed by atoms with van der Waals surface area (Å²) in [6.45, 7) is 4.43. The highest BCUT2D eigenvalue weighted by Crippen LogP contribution is 2.16. The Bertz CT molecular complexity index is 782. The zero-order valence-electron chi connectivity index (χ0n) is 13.8. The normalized spacial score (nSPS) is 12.1. The van der Waals surface area contributed by atoms with Gasteiger partial charge in [-0.2, -0.15) is 4.80 Å². The summed E-state index contributed by atoms with van der Waals surface area (Å²) in [7, 11) is 0. The van der Waals surface area contributed by atoms with Gasteiger partial charge < -0.3 is 9.84 Å². The van der Waals surface area contributed by atoms with E-state index in [1.165, 1.54) is 4.80 Å². The second kappa shape index (κ2) is 7.23. The molecule has 6 heteroatoms. The van der Waals surface area contributed by atoms with Crippen LogP contribution >= 0.6 is 0 Å². The van der Waals surface area contributed by atoms with Crippen LogP contribution in [0.5, 0.6) is 5.75 Å². The summed E-state index contributed by atoms with van der Waals surface area (Å²) in [5, 5.41) is 22.4. The summed E-state index contributed by atoms with van der Waals surface area (Å²) in [6.07, 6.45) is -0.719. The Labute approximate surface area is 140 Å². The summed E-state index contributed by atoms with van der Waals surface area (Å²) in [4.78, 5) is 1.39. The number of rotatable bonds is 6. The zero-order chi connectivity index (χ0) is 16.9. The molecule has 6 nitrogen and oxygen atoms in total. The smallest absolute Gasteiger partial charge is 0.204 e. The maximum absolute atomic E-state index is 10.1. The van der Waals surface area contributed by atoms with E-state index in [1.807, 2.05) is 56.3 Å². The lowest BCUT2D eigenvalue weighted by Crippen LogP contribution is -2.25. The van der Waals surface area contributed by atoms with E-state index >= 15 is 0 Å². The minimum absolute atomic E-state index is 0.172. The van der Waals surface area contributed by atoms with Crippen LogP contribution in [-0.4, -0.2) is 38.0 Å². The fraction of sp³-hybridized carbons (Fsp3) is 0.278. The molecule has 3 rings (SSSR count). The molecule has 0 saturated heterocycles. The summed E-state index contributed by atoms with van der Waals surface area (Å²) in [5.74, 6) is 1.29. The maximum atomic E-state index is 10.1. The standard InChI is InChI=1S/C18H20N4O2/c1-13-8-14(2)10-17(9-13)24-12-16(23)11-22-20-18(19-21-22)15-6-4-3-5-7-15/h3-10,16,23H,11-12H2,1-2H3. The Morgan fingerprint density at radius 2 is 1.79 bits per heavy atom. The summed E-state index contributed by atoms with van der Waals surface area (Å²) in [6, 6.07) is 15.6. The van der Waals surface area contributed by atoms with Crippen molar-refractivity contribution in [1.29, 1.82) is 0 Å². The minimum atomic E-state index is -0.719. The van der Waals surface area contributed by atoms with Gasteiger partial charge in [-0.1, -0.05) is 36.4 Å². The second-order valence-electron chi connectivity index (χ2n) is 5.82. The molecule has 2 aromatic carbocycles. The van der Waals surface area contributed by atoms with E-state index in [0.29, 0.717) is 5.82 Å². The molecule has 3 aromatic rings. The average Bonchev–Trinajstić information content (AvgIpc) is 3.01. The van der Waals surface area contributed by atoms with Crippen LogP contribution in [0.2, 0.25) is 0 Å². The van der Waals surface area contributed by atoms with Crippen LogP contribution in [0.4, 0.5) is 0 Å². The molecule has 0 aliphatic heterocycles. The number of tetrazole rings is 1. The lowest BCUT2D eigenvalue weighted by Gasteiger charge is -2.12.